The first kappa shape index (κ1) is 14.6. The smallest absolute Gasteiger partial charge is 0.0667 e. The summed E-state index contributed by atoms with van der Waals surface area (Å²) in [4.78, 5) is 3.59. The number of aromatic nitrogens is 1. The minimum absolute atomic E-state index is 0.250. The van der Waals surface area contributed by atoms with Gasteiger partial charge in [-0.25, -0.2) is 0 Å². The number of rotatable bonds is 5. The lowest BCUT2D eigenvalue weighted by Crippen LogP contribution is -2.33. The van der Waals surface area contributed by atoms with Gasteiger partial charge in [0.2, 0.25) is 0 Å². The van der Waals surface area contributed by atoms with Crippen LogP contribution >= 0.6 is 0 Å². The molecule has 3 heteroatoms. The maximum atomic E-state index is 10.1. The van der Waals surface area contributed by atoms with Crippen molar-refractivity contribution in [1.82, 2.24) is 10.3 Å². The molecule has 0 fully saturated rings. The summed E-state index contributed by atoms with van der Waals surface area (Å²) in [5.74, 6) is 0.539. The Morgan fingerprint density at radius 3 is 2.95 bits per heavy atom. The first-order valence-electron chi connectivity index (χ1n) is 8.16. The molecule has 0 amide bonds. The SMILES string of the molecule is CC(C)CC(O)CNC1CCCc2c1[nH]c1ccccc21. The zero-order chi connectivity index (χ0) is 14.8. The average molecular weight is 286 g/mol. The van der Waals surface area contributed by atoms with Gasteiger partial charge < -0.3 is 15.4 Å². The number of aliphatic hydroxyl groups is 1. The summed E-state index contributed by atoms with van der Waals surface area (Å²) in [6.07, 6.45) is 4.13. The van der Waals surface area contributed by atoms with Gasteiger partial charge in [-0.3, -0.25) is 0 Å². The summed E-state index contributed by atoms with van der Waals surface area (Å²) in [5.41, 5.74) is 4.03. The van der Waals surface area contributed by atoms with Gasteiger partial charge in [0.25, 0.3) is 0 Å². The Morgan fingerprint density at radius 2 is 2.14 bits per heavy atom. The number of para-hydroxylation sites is 1. The Hall–Kier alpha value is -1.32. The van der Waals surface area contributed by atoms with Gasteiger partial charge in [0.1, 0.15) is 0 Å². The molecule has 3 N–H and O–H groups in total. The topological polar surface area (TPSA) is 48.0 Å². The van der Waals surface area contributed by atoms with E-state index in [9.17, 15) is 5.11 Å². The van der Waals surface area contributed by atoms with Gasteiger partial charge in [0.05, 0.1) is 6.10 Å². The predicted octanol–water partition coefficient (Wildman–Crippen LogP) is 3.54. The number of fused-ring (bicyclic) bond motifs is 3. The van der Waals surface area contributed by atoms with E-state index in [0.717, 1.165) is 19.3 Å². The molecule has 0 saturated carbocycles. The third-order valence-electron chi connectivity index (χ3n) is 4.46. The van der Waals surface area contributed by atoms with Crippen molar-refractivity contribution in [3.63, 3.8) is 0 Å². The lowest BCUT2D eigenvalue weighted by atomic mass is 9.91. The fraction of sp³-hybridized carbons (Fsp3) is 0.556. The van der Waals surface area contributed by atoms with Crippen molar-refractivity contribution in [2.24, 2.45) is 5.92 Å². The minimum Gasteiger partial charge on any atom is -0.392 e. The Morgan fingerprint density at radius 1 is 1.33 bits per heavy atom. The second kappa shape index (κ2) is 6.20. The van der Waals surface area contributed by atoms with Crippen molar-refractivity contribution >= 4 is 10.9 Å². The van der Waals surface area contributed by atoms with Crippen LogP contribution in [-0.2, 0) is 6.42 Å². The molecule has 114 valence electrons. The van der Waals surface area contributed by atoms with E-state index in [1.165, 1.54) is 28.6 Å². The highest BCUT2D eigenvalue weighted by Gasteiger charge is 2.24. The molecule has 0 aliphatic heterocycles. The van der Waals surface area contributed by atoms with Crippen LogP contribution in [0.1, 0.15) is 50.4 Å². The van der Waals surface area contributed by atoms with E-state index in [1.807, 2.05) is 0 Å². The molecular formula is C18H26N2O. The second-order valence-electron chi connectivity index (χ2n) is 6.70. The van der Waals surface area contributed by atoms with Crippen LogP contribution in [0.4, 0.5) is 0 Å². The standard InChI is InChI=1S/C18H26N2O/c1-12(2)10-13(21)11-19-17-9-5-7-15-14-6-3-4-8-16(14)20-18(15)17/h3-4,6,8,12-13,17,19-21H,5,7,9-11H2,1-2H3. The Kier molecular flexibility index (Phi) is 4.32. The molecule has 1 aliphatic rings. The molecule has 21 heavy (non-hydrogen) atoms. The van der Waals surface area contributed by atoms with Crippen molar-refractivity contribution < 1.29 is 5.11 Å². The van der Waals surface area contributed by atoms with Crippen molar-refractivity contribution in [3.05, 3.63) is 35.5 Å². The van der Waals surface area contributed by atoms with Crippen LogP contribution in [0.3, 0.4) is 0 Å². The molecule has 2 atom stereocenters. The number of aliphatic hydroxyl groups excluding tert-OH is 1. The molecule has 1 aliphatic carbocycles. The maximum absolute atomic E-state index is 10.1. The molecule has 2 unspecified atom stereocenters. The zero-order valence-corrected chi connectivity index (χ0v) is 13.0. The summed E-state index contributed by atoms with van der Waals surface area (Å²) < 4.78 is 0. The van der Waals surface area contributed by atoms with Gasteiger partial charge in [0, 0.05) is 29.2 Å². The van der Waals surface area contributed by atoms with Crippen LogP contribution in [0.5, 0.6) is 0 Å². The van der Waals surface area contributed by atoms with E-state index in [1.54, 1.807) is 0 Å². The minimum atomic E-state index is -0.250. The molecule has 0 saturated heterocycles. The van der Waals surface area contributed by atoms with E-state index < -0.39 is 0 Å². The maximum Gasteiger partial charge on any atom is 0.0667 e. The zero-order valence-electron chi connectivity index (χ0n) is 13.0. The largest absolute Gasteiger partial charge is 0.392 e. The summed E-state index contributed by atoms with van der Waals surface area (Å²) in [6.45, 7) is 4.98. The third kappa shape index (κ3) is 3.14. The molecule has 2 aromatic rings. The van der Waals surface area contributed by atoms with Crippen LogP contribution in [-0.4, -0.2) is 22.7 Å². The number of H-pyrrole nitrogens is 1. The fourth-order valence-corrected chi connectivity index (χ4v) is 3.52. The Labute approximate surface area is 126 Å². The van der Waals surface area contributed by atoms with Crippen LogP contribution in [0.25, 0.3) is 10.9 Å². The highest BCUT2D eigenvalue weighted by atomic mass is 16.3. The van der Waals surface area contributed by atoms with Gasteiger partial charge in [-0.05, 0) is 43.2 Å². The van der Waals surface area contributed by atoms with Crippen molar-refractivity contribution in [2.45, 2.75) is 51.7 Å². The van der Waals surface area contributed by atoms with Crippen LogP contribution < -0.4 is 5.32 Å². The number of hydrogen-bond donors (Lipinski definition) is 3. The van der Waals surface area contributed by atoms with Crippen molar-refractivity contribution in [2.75, 3.05) is 6.54 Å². The van der Waals surface area contributed by atoms with E-state index in [4.69, 9.17) is 0 Å². The lowest BCUT2D eigenvalue weighted by Gasteiger charge is -2.25. The van der Waals surface area contributed by atoms with Gasteiger partial charge in [0.15, 0.2) is 0 Å². The monoisotopic (exact) mass is 286 g/mol. The molecule has 0 bridgehead atoms. The van der Waals surface area contributed by atoms with E-state index >= 15 is 0 Å². The normalized spacial score (nSPS) is 19.9. The van der Waals surface area contributed by atoms with E-state index in [2.05, 4.69) is 48.4 Å². The summed E-state index contributed by atoms with van der Waals surface area (Å²) in [6, 6.07) is 8.90. The first-order chi connectivity index (χ1) is 10.1. The van der Waals surface area contributed by atoms with E-state index in [-0.39, 0.29) is 6.10 Å². The Bertz CT molecular complexity index is 602. The predicted molar refractivity (Wildman–Crippen MR) is 87.4 cm³/mol. The molecule has 3 rings (SSSR count). The molecule has 1 aromatic heterocycles. The lowest BCUT2D eigenvalue weighted by molar-refractivity contribution is 0.141. The van der Waals surface area contributed by atoms with Crippen LogP contribution in [0, 0.1) is 5.92 Å². The molecule has 3 nitrogen and oxygen atoms in total. The number of benzene rings is 1. The highest BCUT2D eigenvalue weighted by Crippen LogP contribution is 2.34. The fourth-order valence-electron chi connectivity index (χ4n) is 3.52. The molecule has 0 radical (unpaired) electrons. The third-order valence-corrected chi connectivity index (χ3v) is 4.46. The highest BCUT2D eigenvalue weighted by molar-refractivity contribution is 5.85. The first-order valence-corrected chi connectivity index (χ1v) is 8.16. The van der Waals surface area contributed by atoms with Crippen LogP contribution in [0.2, 0.25) is 0 Å². The molecule has 0 spiro atoms. The van der Waals surface area contributed by atoms with Gasteiger partial charge >= 0.3 is 0 Å². The average Bonchev–Trinajstić information content (AvgIpc) is 2.83. The number of aryl methyl sites for hydroxylation is 1. The number of aromatic amines is 1. The van der Waals surface area contributed by atoms with Crippen molar-refractivity contribution in [1.29, 1.82) is 0 Å². The van der Waals surface area contributed by atoms with Gasteiger partial charge in [-0.1, -0.05) is 32.0 Å². The van der Waals surface area contributed by atoms with Crippen LogP contribution in [0.15, 0.2) is 24.3 Å². The van der Waals surface area contributed by atoms with Crippen molar-refractivity contribution in [3.8, 4) is 0 Å². The summed E-state index contributed by atoms with van der Waals surface area (Å²) in [5, 5.41) is 15.0. The summed E-state index contributed by atoms with van der Waals surface area (Å²) in [7, 11) is 0. The second-order valence-corrected chi connectivity index (χ2v) is 6.70. The molecule has 1 aromatic carbocycles. The number of hydrogen-bond acceptors (Lipinski definition) is 2. The van der Waals surface area contributed by atoms with Gasteiger partial charge in [-0.15, -0.1) is 0 Å². The Balaban J connectivity index is 1.75. The number of nitrogens with one attached hydrogen (secondary N) is 2. The van der Waals surface area contributed by atoms with E-state index in [0.29, 0.717) is 18.5 Å². The van der Waals surface area contributed by atoms with Gasteiger partial charge in [-0.2, -0.15) is 0 Å². The quantitative estimate of drug-likeness (QED) is 0.787. The summed E-state index contributed by atoms with van der Waals surface area (Å²) >= 11 is 0. The molecule has 1 heterocycles. The molecular weight excluding hydrogens is 260 g/mol.